The number of hydrogen-bond donors (Lipinski definition) is 1. The average Bonchev–Trinajstić information content (AvgIpc) is 3.38. The average molecular weight is 399 g/mol. The largest absolute Gasteiger partial charge is 0.326 e. The topological polar surface area (TPSA) is 76.1 Å². The molecule has 1 N–H and O–H groups in total. The number of anilines is 1. The van der Waals surface area contributed by atoms with E-state index in [9.17, 15) is 13.2 Å². The quantitative estimate of drug-likeness (QED) is 0.698. The molecular weight excluding hydrogens is 380 g/mol. The lowest BCUT2D eigenvalue weighted by Crippen LogP contribution is -2.13. The third-order valence-electron chi connectivity index (χ3n) is 4.41. The maximum absolute atomic E-state index is 11.9. The predicted molar refractivity (Wildman–Crippen MR) is 107 cm³/mol. The SMILES string of the molecule is CS(=O)(=O)c1ccc(-c2csc(-c3cccc(NC(=O)C4CC4)c3)n2)cc1. The summed E-state index contributed by atoms with van der Waals surface area (Å²) in [6.07, 6.45) is 3.14. The Labute approximate surface area is 162 Å². The Bertz CT molecular complexity index is 1100. The number of nitrogens with one attached hydrogen (secondary N) is 1. The number of nitrogens with zero attached hydrogens (tertiary/aromatic N) is 1. The monoisotopic (exact) mass is 398 g/mol. The molecule has 7 heteroatoms. The second-order valence-electron chi connectivity index (χ2n) is 6.68. The lowest BCUT2D eigenvalue weighted by atomic mass is 10.1. The van der Waals surface area contributed by atoms with Crippen molar-refractivity contribution in [3.05, 3.63) is 53.9 Å². The molecule has 1 aliphatic rings. The van der Waals surface area contributed by atoms with E-state index in [4.69, 9.17) is 0 Å². The van der Waals surface area contributed by atoms with E-state index in [1.807, 2.05) is 29.6 Å². The van der Waals surface area contributed by atoms with Crippen LogP contribution in [0.15, 0.2) is 58.8 Å². The number of sulfone groups is 1. The molecule has 0 aliphatic heterocycles. The highest BCUT2D eigenvalue weighted by Crippen LogP contribution is 2.32. The Kier molecular flexibility index (Phi) is 4.57. The number of thiazole rings is 1. The van der Waals surface area contributed by atoms with Crippen LogP contribution in [0.4, 0.5) is 5.69 Å². The molecule has 1 heterocycles. The fraction of sp³-hybridized carbons (Fsp3) is 0.200. The number of carbonyl (C=O) groups excluding carboxylic acids is 1. The van der Waals surface area contributed by atoms with Crippen molar-refractivity contribution in [2.45, 2.75) is 17.7 Å². The lowest BCUT2D eigenvalue weighted by Gasteiger charge is -2.05. The summed E-state index contributed by atoms with van der Waals surface area (Å²) in [6.45, 7) is 0. The molecule has 1 amide bonds. The molecule has 27 heavy (non-hydrogen) atoms. The van der Waals surface area contributed by atoms with Gasteiger partial charge in [-0.25, -0.2) is 13.4 Å². The summed E-state index contributed by atoms with van der Waals surface area (Å²) in [5, 5.41) is 5.75. The van der Waals surface area contributed by atoms with E-state index in [0.29, 0.717) is 4.90 Å². The summed E-state index contributed by atoms with van der Waals surface area (Å²) in [5.74, 6) is 0.243. The first-order chi connectivity index (χ1) is 12.9. The molecule has 1 saturated carbocycles. The van der Waals surface area contributed by atoms with Crippen molar-refractivity contribution in [2.75, 3.05) is 11.6 Å². The standard InChI is InChI=1S/C20H18N2O3S2/c1-27(24,25)17-9-7-13(8-10-17)18-12-26-20(22-18)15-3-2-4-16(11-15)21-19(23)14-5-6-14/h2-4,7-12,14H,5-6H2,1H3,(H,21,23). The van der Waals surface area contributed by atoms with Gasteiger partial charge in [0.15, 0.2) is 9.84 Å². The molecule has 4 rings (SSSR count). The fourth-order valence-corrected chi connectivity index (χ4v) is 4.19. The van der Waals surface area contributed by atoms with Crippen LogP contribution in [0.3, 0.4) is 0 Å². The van der Waals surface area contributed by atoms with Crippen LogP contribution in [0.5, 0.6) is 0 Å². The molecule has 138 valence electrons. The Balaban J connectivity index is 1.56. The van der Waals surface area contributed by atoms with Crippen LogP contribution in [0.25, 0.3) is 21.8 Å². The molecule has 0 bridgehead atoms. The number of carbonyl (C=O) groups is 1. The lowest BCUT2D eigenvalue weighted by molar-refractivity contribution is -0.117. The zero-order valence-electron chi connectivity index (χ0n) is 14.7. The van der Waals surface area contributed by atoms with Gasteiger partial charge in [-0.3, -0.25) is 4.79 Å². The zero-order valence-corrected chi connectivity index (χ0v) is 16.3. The zero-order chi connectivity index (χ0) is 19.0. The number of amides is 1. The number of rotatable bonds is 5. The molecule has 1 aromatic heterocycles. The van der Waals surface area contributed by atoms with Crippen LogP contribution in [0.1, 0.15) is 12.8 Å². The summed E-state index contributed by atoms with van der Waals surface area (Å²) in [7, 11) is -3.21. The van der Waals surface area contributed by atoms with Crippen molar-refractivity contribution in [2.24, 2.45) is 5.92 Å². The summed E-state index contributed by atoms with van der Waals surface area (Å²) in [5.41, 5.74) is 3.37. The first kappa shape index (κ1) is 17.9. The van der Waals surface area contributed by atoms with E-state index in [-0.39, 0.29) is 11.8 Å². The Morgan fingerprint density at radius 2 is 1.85 bits per heavy atom. The van der Waals surface area contributed by atoms with Crippen LogP contribution in [0, 0.1) is 5.92 Å². The second-order valence-corrected chi connectivity index (χ2v) is 9.55. The van der Waals surface area contributed by atoms with Crippen LogP contribution in [-0.4, -0.2) is 25.6 Å². The first-order valence-electron chi connectivity index (χ1n) is 8.57. The predicted octanol–water partition coefficient (Wildman–Crippen LogP) is 4.23. The molecule has 0 saturated heterocycles. The minimum absolute atomic E-state index is 0.0814. The van der Waals surface area contributed by atoms with E-state index in [0.717, 1.165) is 40.4 Å². The smallest absolute Gasteiger partial charge is 0.227 e. The van der Waals surface area contributed by atoms with Gasteiger partial charge in [-0.1, -0.05) is 24.3 Å². The van der Waals surface area contributed by atoms with E-state index < -0.39 is 9.84 Å². The van der Waals surface area contributed by atoms with Gasteiger partial charge in [0.2, 0.25) is 5.91 Å². The van der Waals surface area contributed by atoms with Gasteiger partial charge in [0.05, 0.1) is 10.6 Å². The van der Waals surface area contributed by atoms with Crippen LogP contribution < -0.4 is 5.32 Å². The fourth-order valence-electron chi connectivity index (χ4n) is 2.73. The molecule has 0 spiro atoms. The van der Waals surface area contributed by atoms with Crippen molar-refractivity contribution in [1.82, 2.24) is 4.98 Å². The molecule has 3 aromatic rings. The molecule has 1 aliphatic carbocycles. The van der Waals surface area contributed by atoms with Gasteiger partial charge >= 0.3 is 0 Å². The Morgan fingerprint density at radius 3 is 2.52 bits per heavy atom. The van der Waals surface area contributed by atoms with E-state index in [2.05, 4.69) is 10.3 Å². The van der Waals surface area contributed by atoms with Crippen LogP contribution >= 0.6 is 11.3 Å². The highest BCUT2D eigenvalue weighted by atomic mass is 32.2. The maximum Gasteiger partial charge on any atom is 0.227 e. The number of benzene rings is 2. The van der Waals surface area contributed by atoms with Crippen LogP contribution in [0.2, 0.25) is 0 Å². The van der Waals surface area contributed by atoms with E-state index in [1.54, 1.807) is 24.3 Å². The number of hydrogen-bond acceptors (Lipinski definition) is 5. The third kappa shape index (κ3) is 4.09. The van der Waals surface area contributed by atoms with Gasteiger partial charge in [-0.05, 0) is 37.1 Å². The molecule has 0 radical (unpaired) electrons. The van der Waals surface area contributed by atoms with Crippen LogP contribution in [-0.2, 0) is 14.6 Å². The Hall–Kier alpha value is -2.51. The van der Waals surface area contributed by atoms with Gasteiger partial charge in [0, 0.05) is 34.4 Å². The van der Waals surface area contributed by atoms with E-state index >= 15 is 0 Å². The van der Waals surface area contributed by atoms with E-state index in [1.165, 1.54) is 17.6 Å². The molecule has 2 aromatic carbocycles. The van der Waals surface area contributed by atoms with Crippen molar-refractivity contribution in [3.8, 4) is 21.8 Å². The third-order valence-corrected chi connectivity index (χ3v) is 6.43. The molecule has 0 atom stereocenters. The minimum Gasteiger partial charge on any atom is -0.326 e. The van der Waals surface area contributed by atoms with Gasteiger partial charge in [-0.15, -0.1) is 11.3 Å². The molecule has 1 fully saturated rings. The van der Waals surface area contributed by atoms with Crippen molar-refractivity contribution < 1.29 is 13.2 Å². The number of aromatic nitrogens is 1. The Morgan fingerprint density at radius 1 is 1.11 bits per heavy atom. The summed E-state index contributed by atoms with van der Waals surface area (Å²) < 4.78 is 23.2. The first-order valence-corrected chi connectivity index (χ1v) is 11.3. The summed E-state index contributed by atoms with van der Waals surface area (Å²) in [6, 6.07) is 14.4. The van der Waals surface area contributed by atoms with Gasteiger partial charge in [-0.2, -0.15) is 0 Å². The normalized spacial score (nSPS) is 14.1. The van der Waals surface area contributed by atoms with Gasteiger partial charge in [0.1, 0.15) is 5.01 Å². The second kappa shape index (κ2) is 6.90. The summed E-state index contributed by atoms with van der Waals surface area (Å²) >= 11 is 1.51. The molecule has 0 unspecified atom stereocenters. The minimum atomic E-state index is -3.21. The molecule has 5 nitrogen and oxygen atoms in total. The van der Waals surface area contributed by atoms with Crippen molar-refractivity contribution in [1.29, 1.82) is 0 Å². The molecular formula is C20H18N2O3S2. The van der Waals surface area contributed by atoms with Gasteiger partial charge < -0.3 is 5.32 Å². The summed E-state index contributed by atoms with van der Waals surface area (Å²) in [4.78, 5) is 16.9. The van der Waals surface area contributed by atoms with Crippen molar-refractivity contribution in [3.63, 3.8) is 0 Å². The maximum atomic E-state index is 11.9. The highest BCUT2D eigenvalue weighted by molar-refractivity contribution is 7.90. The van der Waals surface area contributed by atoms with Gasteiger partial charge in [0.25, 0.3) is 0 Å². The highest BCUT2D eigenvalue weighted by Gasteiger charge is 2.29. The van der Waals surface area contributed by atoms with Crippen molar-refractivity contribution >= 4 is 32.8 Å².